The normalized spacial score (nSPS) is 11.1. The molecule has 15 nitrogen and oxygen atoms in total. The smallest absolute Gasteiger partial charge is 0.311 e. The van der Waals surface area contributed by atoms with E-state index in [4.69, 9.17) is 14.2 Å². The highest BCUT2D eigenvalue weighted by Crippen LogP contribution is 2.36. The average molecular weight is 735 g/mol. The van der Waals surface area contributed by atoms with Crippen LogP contribution in [0.25, 0.3) is 0 Å². The van der Waals surface area contributed by atoms with Gasteiger partial charge in [0.2, 0.25) is 11.5 Å². The molecule has 4 aromatic carbocycles. The number of benzene rings is 4. The summed E-state index contributed by atoms with van der Waals surface area (Å²) in [5, 5.41) is 32.1. The molecule has 0 fully saturated rings. The van der Waals surface area contributed by atoms with Gasteiger partial charge in [-0.1, -0.05) is 27.0 Å². The van der Waals surface area contributed by atoms with Gasteiger partial charge in [-0.3, -0.25) is 34.6 Å². The SMILES string of the molecule is C.C.CC(=O)O[C@H](C)c1ccc([N+](=O)[O-])c(Oc2cccc(C(=O)N(C)C)c2)c1.C[C@H](O)c1ccc([N+](=O)[O-])c(Oc2cccc(C(=O)N(C)C)c2)c1. The van der Waals surface area contributed by atoms with Gasteiger partial charge in [0.05, 0.1) is 16.0 Å². The molecule has 0 bridgehead atoms. The number of rotatable bonds is 11. The number of aliphatic hydroxyl groups excluding tert-OH is 1. The number of ether oxygens (including phenoxy) is 3. The molecule has 0 heterocycles. The van der Waals surface area contributed by atoms with Crippen molar-refractivity contribution in [3.05, 3.63) is 127 Å². The summed E-state index contributed by atoms with van der Waals surface area (Å²) >= 11 is 0. The van der Waals surface area contributed by atoms with E-state index in [1.165, 1.54) is 65.3 Å². The molecule has 4 rings (SSSR count). The first-order valence-electron chi connectivity index (χ1n) is 15.4. The number of hydrogen-bond donors (Lipinski definition) is 1. The van der Waals surface area contributed by atoms with E-state index in [0.29, 0.717) is 28.0 Å². The van der Waals surface area contributed by atoms with E-state index in [0.717, 1.165) is 0 Å². The molecule has 0 unspecified atom stereocenters. The van der Waals surface area contributed by atoms with Crippen LogP contribution in [0, 0.1) is 20.2 Å². The van der Waals surface area contributed by atoms with E-state index in [9.17, 15) is 39.7 Å². The van der Waals surface area contributed by atoms with Gasteiger partial charge in [0.1, 0.15) is 17.6 Å². The first-order valence-corrected chi connectivity index (χ1v) is 15.4. The predicted octanol–water partition coefficient (Wildman–Crippen LogP) is 8.13. The number of carbonyl (C=O) groups is 3. The standard InChI is InChI=1S/C19H20N2O6.C17H18N2O5.2CH4/c1-12(26-13(2)22)14-8-9-17(21(24)25)18(11-14)27-16-7-5-6-15(10-16)19(23)20(3)4;1-11(20)12-7-8-15(19(22)23)16(10-12)24-14-6-4-5-13(9-14)17(21)18(2)3;;/h5-12H,1-4H3;4-11,20H,1-3H3;2*1H4/t12-;11-;;/m10../s1. The van der Waals surface area contributed by atoms with Gasteiger partial charge in [0.25, 0.3) is 11.8 Å². The van der Waals surface area contributed by atoms with Crippen LogP contribution in [-0.2, 0) is 9.53 Å². The highest BCUT2D eigenvalue weighted by Gasteiger charge is 2.21. The van der Waals surface area contributed by atoms with Crippen LogP contribution in [0.5, 0.6) is 23.0 Å². The summed E-state index contributed by atoms with van der Waals surface area (Å²) in [5.74, 6) is -0.298. The third kappa shape index (κ3) is 12.4. The number of amides is 2. The van der Waals surface area contributed by atoms with Crippen molar-refractivity contribution in [2.24, 2.45) is 0 Å². The predicted molar refractivity (Wildman–Crippen MR) is 200 cm³/mol. The van der Waals surface area contributed by atoms with E-state index in [1.807, 2.05) is 0 Å². The minimum absolute atomic E-state index is 0. The Hall–Kier alpha value is -6.35. The Balaban J connectivity index is 0.000000514. The highest BCUT2D eigenvalue weighted by atomic mass is 16.6. The number of nitro benzene ring substituents is 2. The van der Waals surface area contributed by atoms with Crippen LogP contribution < -0.4 is 9.47 Å². The monoisotopic (exact) mass is 734 g/mol. The van der Waals surface area contributed by atoms with Gasteiger partial charge in [-0.15, -0.1) is 0 Å². The van der Waals surface area contributed by atoms with Crippen LogP contribution in [0.2, 0.25) is 0 Å². The summed E-state index contributed by atoms with van der Waals surface area (Å²) in [4.78, 5) is 59.4. The van der Waals surface area contributed by atoms with Crippen molar-refractivity contribution in [2.45, 2.75) is 47.8 Å². The third-order valence-electron chi connectivity index (χ3n) is 7.09. The molecule has 0 spiro atoms. The molecule has 2 atom stereocenters. The zero-order valence-corrected chi connectivity index (χ0v) is 29.1. The number of nitro groups is 2. The maximum absolute atomic E-state index is 12.1. The number of aliphatic hydroxyl groups is 1. The molecule has 2 amide bonds. The minimum atomic E-state index is -0.783. The number of nitrogens with zero attached hydrogens (tertiary/aromatic N) is 4. The van der Waals surface area contributed by atoms with Crippen molar-refractivity contribution in [1.29, 1.82) is 0 Å². The highest BCUT2D eigenvalue weighted by molar-refractivity contribution is 5.94. The summed E-state index contributed by atoms with van der Waals surface area (Å²) in [6.45, 7) is 4.50. The Morgan fingerprint density at radius 1 is 0.660 bits per heavy atom. The van der Waals surface area contributed by atoms with Gasteiger partial charge in [-0.25, -0.2) is 0 Å². The van der Waals surface area contributed by atoms with E-state index in [-0.39, 0.29) is 55.3 Å². The molecular formula is C38H46N4O11. The summed E-state index contributed by atoms with van der Waals surface area (Å²) in [6, 6.07) is 21.2. The largest absolute Gasteiger partial charge is 0.458 e. The van der Waals surface area contributed by atoms with Gasteiger partial charge in [0, 0.05) is 58.4 Å². The van der Waals surface area contributed by atoms with Crippen molar-refractivity contribution in [3.63, 3.8) is 0 Å². The van der Waals surface area contributed by atoms with Gasteiger partial charge in [-0.2, -0.15) is 0 Å². The molecule has 0 aromatic heterocycles. The first-order chi connectivity index (χ1) is 24.0. The van der Waals surface area contributed by atoms with Gasteiger partial charge in [0.15, 0.2) is 0 Å². The molecule has 0 saturated heterocycles. The number of hydrogen-bond acceptors (Lipinski definition) is 11. The lowest BCUT2D eigenvalue weighted by molar-refractivity contribution is -0.385. The Kier molecular flexibility index (Phi) is 16.8. The first kappa shape index (κ1) is 44.7. The van der Waals surface area contributed by atoms with Crippen LogP contribution in [0.3, 0.4) is 0 Å². The van der Waals surface area contributed by atoms with Crippen LogP contribution in [0.4, 0.5) is 11.4 Å². The number of esters is 1. The van der Waals surface area contributed by atoms with Gasteiger partial charge < -0.3 is 29.1 Å². The zero-order chi connectivity index (χ0) is 38.0. The lowest BCUT2D eigenvalue weighted by Crippen LogP contribution is -2.21. The summed E-state index contributed by atoms with van der Waals surface area (Å²) in [6.07, 6.45) is -1.37. The quantitative estimate of drug-likeness (QED) is 0.0889. The molecule has 0 saturated carbocycles. The fraction of sp³-hybridized carbons (Fsp3) is 0.289. The van der Waals surface area contributed by atoms with Crippen LogP contribution in [0.1, 0.15) is 79.7 Å². The summed E-state index contributed by atoms with van der Waals surface area (Å²) in [5.41, 5.74) is 1.39. The van der Waals surface area contributed by atoms with Crippen LogP contribution in [0.15, 0.2) is 84.9 Å². The second-order valence-corrected chi connectivity index (χ2v) is 11.6. The molecule has 53 heavy (non-hydrogen) atoms. The molecule has 0 aliphatic heterocycles. The second kappa shape index (κ2) is 19.9. The van der Waals surface area contributed by atoms with Crippen molar-refractivity contribution in [3.8, 4) is 23.0 Å². The molecule has 0 aliphatic carbocycles. The van der Waals surface area contributed by atoms with Crippen molar-refractivity contribution in [2.75, 3.05) is 28.2 Å². The molecule has 15 heteroatoms. The van der Waals surface area contributed by atoms with Gasteiger partial charge in [-0.05, 0) is 85.6 Å². The summed E-state index contributed by atoms with van der Waals surface area (Å²) < 4.78 is 16.4. The van der Waals surface area contributed by atoms with Crippen molar-refractivity contribution >= 4 is 29.2 Å². The Morgan fingerprint density at radius 2 is 1.06 bits per heavy atom. The molecule has 4 aromatic rings. The van der Waals surface area contributed by atoms with Gasteiger partial charge >= 0.3 is 17.3 Å². The summed E-state index contributed by atoms with van der Waals surface area (Å²) in [7, 11) is 6.51. The Bertz CT molecular complexity index is 1930. The topological polar surface area (TPSA) is 192 Å². The fourth-order valence-corrected chi connectivity index (χ4v) is 4.51. The van der Waals surface area contributed by atoms with Crippen LogP contribution >= 0.6 is 0 Å². The van der Waals surface area contributed by atoms with E-state index >= 15 is 0 Å². The lowest BCUT2D eigenvalue weighted by atomic mass is 10.1. The Morgan fingerprint density at radius 3 is 1.42 bits per heavy atom. The maximum Gasteiger partial charge on any atom is 0.311 e. The van der Waals surface area contributed by atoms with E-state index < -0.39 is 28.0 Å². The zero-order valence-electron chi connectivity index (χ0n) is 29.1. The number of carbonyl (C=O) groups excluding carboxylic acids is 3. The minimum Gasteiger partial charge on any atom is -0.458 e. The lowest BCUT2D eigenvalue weighted by Gasteiger charge is -2.15. The molecule has 1 N–H and O–H groups in total. The molecular weight excluding hydrogens is 688 g/mol. The van der Waals surface area contributed by atoms with E-state index in [2.05, 4.69) is 0 Å². The Labute approximate surface area is 308 Å². The average Bonchev–Trinajstić information content (AvgIpc) is 3.07. The maximum atomic E-state index is 12.1. The molecule has 0 radical (unpaired) electrons. The van der Waals surface area contributed by atoms with Crippen molar-refractivity contribution in [1.82, 2.24) is 9.80 Å². The van der Waals surface area contributed by atoms with Crippen LogP contribution in [-0.4, -0.2) is 70.7 Å². The molecule has 0 aliphatic rings. The second-order valence-electron chi connectivity index (χ2n) is 11.6. The third-order valence-corrected chi connectivity index (χ3v) is 7.09. The fourth-order valence-electron chi connectivity index (χ4n) is 4.51. The molecule has 284 valence electrons. The van der Waals surface area contributed by atoms with Crippen molar-refractivity contribution < 1.29 is 43.5 Å². The van der Waals surface area contributed by atoms with E-state index in [1.54, 1.807) is 78.4 Å².